The van der Waals surface area contributed by atoms with Crippen molar-refractivity contribution < 1.29 is 30.0 Å². The van der Waals surface area contributed by atoms with Crippen LogP contribution >= 0.6 is 0 Å². The summed E-state index contributed by atoms with van der Waals surface area (Å²) in [6.45, 7) is 29.0. The van der Waals surface area contributed by atoms with Gasteiger partial charge in [-0.15, -0.1) is 13.1 Å². The molecular weight excluding hydrogens is 1050 g/mol. The fourth-order valence-electron chi connectivity index (χ4n) is 11.7. The Kier molecular flexibility index (Phi) is 15.1. The number of aliphatic hydroxyl groups is 1. The van der Waals surface area contributed by atoms with Crippen LogP contribution in [0.3, 0.4) is 0 Å². The predicted octanol–water partition coefficient (Wildman–Crippen LogP) is 11.7. The van der Waals surface area contributed by atoms with Crippen LogP contribution in [0.25, 0.3) is 28.1 Å². The van der Waals surface area contributed by atoms with Crippen LogP contribution in [0.5, 0.6) is 0 Å². The number of pyridine rings is 4. The molecule has 0 aromatic carbocycles. The Morgan fingerprint density at radius 2 is 1.37 bits per heavy atom. The minimum Gasteiger partial charge on any atom is -0.656 e. The number of aromatic nitrogens is 8. The maximum absolute atomic E-state index is 10.0. The number of ketones is 1. The third kappa shape index (κ3) is 9.76. The van der Waals surface area contributed by atoms with E-state index in [1.165, 1.54) is 68.1 Å². The Labute approximate surface area is 429 Å². The SMILES string of the molecule is CC(=O)C=C(C)O.CC(C)(CNCc1ccccn1)c1cccc(-c2n[nH]c3c2C2CCC3(C)C2(C)C)n1.CC(C)(C[N-]Cc1ccccn1)c1cccc(-c2[n-]nc3c2C2CCC3(C)C2(C)C)n1.[Ir]. The minimum atomic E-state index is -0.168. The van der Waals surface area contributed by atoms with E-state index in [0.717, 1.165) is 58.6 Å². The number of hydrogen-bond acceptors (Lipinski definition) is 9. The second kappa shape index (κ2) is 20.1. The third-order valence-electron chi connectivity index (χ3n) is 16.7. The number of carbonyl (C=O) groups is 1. The molecule has 2 saturated carbocycles. The van der Waals surface area contributed by atoms with Crippen LogP contribution in [0.1, 0.15) is 166 Å². The molecule has 12 nitrogen and oxygen atoms in total. The Balaban J connectivity index is 0.000000180. The molecule has 6 heterocycles. The van der Waals surface area contributed by atoms with Crippen LogP contribution in [0.15, 0.2) is 97.0 Å². The maximum atomic E-state index is 10.0. The Bertz CT molecular complexity index is 2630. The molecule has 10 rings (SSSR count). The summed E-state index contributed by atoms with van der Waals surface area (Å²) in [6, 6.07) is 24.6. The largest absolute Gasteiger partial charge is 0.656 e. The van der Waals surface area contributed by atoms with E-state index in [-0.39, 0.29) is 64.1 Å². The number of fused-ring (bicyclic) bond motifs is 10. The summed E-state index contributed by atoms with van der Waals surface area (Å²) in [7, 11) is 0. The van der Waals surface area contributed by atoms with Gasteiger partial charge in [0.15, 0.2) is 5.78 Å². The fourth-order valence-corrected chi connectivity index (χ4v) is 11.7. The summed E-state index contributed by atoms with van der Waals surface area (Å²) < 4.78 is 0. The number of nitrogens with one attached hydrogen (secondary N) is 2. The van der Waals surface area contributed by atoms with Gasteiger partial charge in [0, 0.05) is 108 Å². The number of aromatic amines is 1. The minimum absolute atomic E-state index is 0. The van der Waals surface area contributed by atoms with Crippen molar-refractivity contribution in [2.45, 2.75) is 155 Å². The molecule has 2 fully saturated rings. The first-order valence-corrected chi connectivity index (χ1v) is 24.7. The molecule has 3 N–H and O–H groups in total. The number of hydrogen-bond donors (Lipinski definition) is 3. The van der Waals surface area contributed by atoms with Crippen molar-refractivity contribution in [1.82, 2.24) is 45.6 Å². The van der Waals surface area contributed by atoms with Crippen molar-refractivity contribution in [3.63, 3.8) is 0 Å². The van der Waals surface area contributed by atoms with Crippen LogP contribution in [0.4, 0.5) is 0 Å². The molecule has 13 heteroatoms. The summed E-state index contributed by atoms with van der Waals surface area (Å²) >= 11 is 0. The molecule has 0 amide bonds. The van der Waals surface area contributed by atoms with Crippen LogP contribution < -0.4 is 10.4 Å². The predicted molar refractivity (Wildman–Crippen MR) is 274 cm³/mol. The second-order valence-corrected chi connectivity index (χ2v) is 22.7. The number of rotatable bonds is 13. The van der Waals surface area contributed by atoms with Gasteiger partial charge in [-0.3, -0.25) is 29.8 Å². The van der Waals surface area contributed by atoms with Gasteiger partial charge in [0.25, 0.3) is 0 Å². The molecule has 373 valence electrons. The summed E-state index contributed by atoms with van der Waals surface area (Å²) in [5, 5.41) is 34.2. The van der Waals surface area contributed by atoms with Crippen LogP contribution in [-0.2, 0) is 59.6 Å². The van der Waals surface area contributed by atoms with E-state index in [1.54, 1.807) is 0 Å². The molecular formula is C57H72IrN10O2-2. The molecule has 6 aromatic rings. The summed E-state index contributed by atoms with van der Waals surface area (Å²) in [5.74, 6) is 1.01. The number of carbonyl (C=O) groups excluding carboxylic acids is 1. The Morgan fingerprint density at radius 1 is 0.786 bits per heavy atom. The van der Waals surface area contributed by atoms with Crippen molar-refractivity contribution in [2.75, 3.05) is 13.1 Å². The molecule has 0 spiro atoms. The van der Waals surface area contributed by atoms with Crippen molar-refractivity contribution in [3.05, 3.63) is 148 Å². The Hall–Kier alpha value is -5.20. The maximum Gasteiger partial charge on any atom is 0.155 e. The van der Waals surface area contributed by atoms with Crippen molar-refractivity contribution in [3.8, 4) is 22.8 Å². The van der Waals surface area contributed by atoms with Crippen molar-refractivity contribution >= 4 is 5.78 Å². The second-order valence-electron chi connectivity index (χ2n) is 22.7. The molecule has 1 radical (unpaired) electrons. The fraction of sp³-hybridized carbons (Fsp3) is 0.491. The molecule has 4 aliphatic rings. The first kappa shape index (κ1) is 52.6. The molecule has 6 aromatic heterocycles. The van der Waals surface area contributed by atoms with Crippen molar-refractivity contribution in [1.29, 1.82) is 0 Å². The van der Waals surface area contributed by atoms with Gasteiger partial charge in [0.2, 0.25) is 0 Å². The van der Waals surface area contributed by atoms with E-state index < -0.39 is 0 Å². The van der Waals surface area contributed by atoms with Crippen LogP contribution in [0.2, 0.25) is 0 Å². The molecule has 70 heavy (non-hydrogen) atoms. The van der Waals surface area contributed by atoms with E-state index >= 15 is 0 Å². The van der Waals surface area contributed by atoms with E-state index in [2.05, 4.69) is 136 Å². The van der Waals surface area contributed by atoms with Gasteiger partial charge in [-0.25, -0.2) is 0 Å². The van der Waals surface area contributed by atoms with Gasteiger partial charge in [-0.05, 0) is 122 Å². The monoisotopic (exact) mass is 1120 g/mol. The standard InChI is InChI=1S/C26H33N5.C26H31N5.C5H8O2.Ir/c2*1-24(2,16-27-15-17-9-6-7-14-28-17)20-11-8-10-19(29-20)22-21-18-12-13-26(5,25(18,3)4)23(21)31-30-22;1-4(6)3-5(2)7;/h6-11,14,18,27H,12-13,15-16H2,1-5H3,(H,30,31);6-11,14,18H,12-13,15-16H2,1-5H3;3,6H,1-2H3;/q;-2;;. The number of nitrogens with zero attached hydrogens (tertiary/aromatic N) is 8. The van der Waals surface area contributed by atoms with E-state index in [9.17, 15) is 4.79 Å². The number of H-pyrrole nitrogens is 1. The smallest absolute Gasteiger partial charge is 0.155 e. The van der Waals surface area contributed by atoms with Crippen LogP contribution in [0, 0.1) is 10.8 Å². The van der Waals surface area contributed by atoms with Crippen LogP contribution in [-0.4, -0.2) is 59.2 Å². The van der Waals surface area contributed by atoms with Crippen molar-refractivity contribution in [2.24, 2.45) is 10.8 Å². The van der Waals surface area contributed by atoms with E-state index in [4.69, 9.17) is 25.5 Å². The summed E-state index contributed by atoms with van der Waals surface area (Å²) in [6.07, 6.45) is 9.72. The van der Waals surface area contributed by atoms with Gasteiger partial charge >= 0.3 is 0 Å². The third-order valence-corrected chi connectivity index (χ3v) is 16.7. The van der Waals surface area contributed by atoms with E-state index in [0.29, 0.717) is 24.9 Å². The molecule has 0 saturated heterocycles. The molecule has 0 aliphatic heterocycles. The Morgan fingerprint density at radius 3 is 1.99 bits per heavy atom. The quantitative estimate of drug-likeness (QED) is 0.0747. The van der Waals surface area contributed by atoms with E-state index in [1.807, 2.05) is 48.8 Å². The zero-order valence-electron chi connectivity index (χ0n) is 43.2. The zero-order valence-corrected chi connectivity index (χ0v) is 45.6. The molecule has 4 aliphatic carbocycles. The average Bonchev–Trinajstić information content (AvgIpc) is 4.11. The topological polar surface area (TPSA) is 171 Å². The summed E-state index contributed by atoms with van der Waals surface area (Å²) in [5.41, 5.74) is 14.0. The van der Waals surface area contributed by atoms with Gasteiger partial charge in [0.1, 0.15) is 5.69 Å². The normalized spacial score (nSPS) is 22.3. The molecule has 4 bridgehead atoms. The number of aliphatic hydroxyl groups excluding tert-OH is 1. The zero-order chi connectivity index (χ0) is 49.6. The van der Waals surface area contributed by atoms with Gasteiger partial charge < -0.3 is 25.9 Å². The molecule has 4 unspecified atom stereocenters. The first-order valence-electron chi connectivity index (χ1n) is 24.7. The average molecular weight is 1120 g/mol. The van der Waals surface area contributed by atoms with Gasteiger partial charge in [-0.2, -0.15) is 5.10 Å². The summed E-state index contributed by atoms with van der Waals surface area (Å²) in [4.78, 5) is 29.0. The first-order chi connectivity index (χ1) is 32.6. The van der Waals surface area contributed by atoms with Gasteiger partial charge in [-0.1, -0.05) is 99.2 Å². The number of allylic oxidation sites excluding steroid dienone is 2. The van der Waals surface area contributed by atoms with Gasteiger partial charge in [0.05, 0.1) is 17.1 Å². The molecule has 4 atom stereocenters.